The molecular weight excluding hydrogens is 251 g/mol. The molecule has 0 saturated carbocycles. The van der Waals surface area contributed by atoms with Crippen molar-refractivity contribution in [3.63, 3.8) is 0 Å². The summed E-state index contributed by atoms with van der Waals surface area (Å²) < 4.78 is 18.7. The van der Waals surface area contributed by atoms with E-state index in [2.05, 4.69) is 20.8 Å². The fourth-order valence-corrected chi connectivity index (χ4v) is 1.58. The van der Waals surface area contributed by atoms with E-state index in [9.17, 15) is 9.18 Å². The molecule has 0 atom stereocenters. The first-order chi connectivity index (χ1) is 9.11. The average molecular weight is 264 g/mol. The van der Waals surface area contributed by atoms with E-state index >= 15 is 0 Å². The zero-order valence-electron chi connectivity index (χ0n) is 10.5. The number of para-hydroxylation sites is 1. The van der Waals surface area contributed by atoms with E-state index in [-0.39, 0.29) is 17.3 Å². The fraction of sp³-hybridized carbons (Fsp3) is 0.250. The zero-order valence-corrected chi connectivity index (χ0v) is 10.5. The van der Waals surface area contributed by atoms with Crippen LogP contribution in [0.4, 0.5) is 16.1 Å². The molecule has 1 aromatic heterocycles. The van der Waals surface area contributed by atoms with Gasteiger partial charge in [0, 0.05) is 13.5 Å². The Morgan fingerprint density at radius 3 is 2.84 bits per heavy atom. The largest absolute Gasteiger partial charge is 0.408 e. The van der Waals surface area contributed by atoms with Crippen LogP contribution in [0.15, 0.2) is 22.6 Å². The van der Waals surface area contributed by atoms with Gasteiger partial charge in [-0.05, 0) is 19.1 Å². The van der Waals surface area contributed by atoms with Gasteiger partial charge < -0.3 is 9.73 Å². The zero-order chi connectivity index (χ0) is 13.8. The maximum Gasteiger partial charge on any atom is 0.322 e. The standard InChI is InChI=1S/C12H13FN4O2/c1-3-14-10-8(5-4-6-9(10)13)11(18)15-12-17-16-7(2)19-12/h4-6,14H,3H2,1-2H3,(H,15,17,18). The molecule has 19 heavy (non-hydrogen) atoms. The quantitative estimate of drug-likeness (QED) is 0.884. The van der Waals surface area contributed by atoms with Crippen LogP contribution in [0.5, 0.6) is 0 Å². The highest BCUT2D eigenvalue weighted by molar-refractivity contribution is 6.07. The van der Waals surface area contributed by atoms with Gasteiger partial charge in [0.15, 0.2) is 0 Å². The van der Waals surface area contributed by atoms with Gasteiger partial charge in [0.05, 0.1) is 11.3 Å². The van der Waals surface area contributed by atoms with Gasteiger partial charge in [-0.25, -0.2) is 4.39 Å². The van der Waals surface area contributed by atoms with E-state index in [1.807, 2.05) is 6.92 Å². The number of hydrogen-bond acceptors (Lipinski definition) is 5. The van der Waals surface area contributed by atoms with E-state index in [4.69, 9.17) is 4.42 Å². The molecule has 1 aromatic carbocycles. The number of anilines is 2. The second-order valence-corrected chi connectivity index (χ2v) is 3.77. The SMILES string of the molecule is CCNc1c(F)cccc1C(=O)Nc1nnc(C)o1. The van der Waals surface area contributed by atoms with Crippen molar-refractivity contribution in [1.82, 2.24) is 10.2 Å². The summed E-state index contributed by atoms with van der Waals surface area (Å²) in [6.45, 7) is 3.92. The molecule has 2 rings (SSSR count). The molecule has 0 saturated heterocycles. The van der Waals surface area contributed by atoms with E-state index in [0.29, 0.717) is 12.4 Å². The summed E-state index contributed by atoms with van der Waals surface area (Å²) in [4.78, 5) is 12.0. The molecule has 0 aliphatic rings. The van der Waals surface area contributed by atoms with Crippen molar-refractivity contribution in [2.24, 2.45) is 0 Å². The molecule has 2 aromatic rings. The van der Waals surface area contributed by atoms with Crippen molar-refractivity contribution in [2.75, 3.05) is 17.2 Å². The first kappa shape index (κ1) is 13.0. The highest BCUT2D eigenvalue weighted by Crippen LogP contribution is 2.20. The van der Waals surface area contributed by atoms with Crippen LogP contribution in [0.1, 0.15) is 23.2 Å². The number of carbonyl (C=O) groups is 1. The number of aromatic nitrogens is 2. The van der Waals surface area contributed by atoms with Crippen LogP contribution in [-0.2, 0) is 0 Å². The number of hydrogen-bond donors (Lipinski definition) is 2. The van der Waals surface area contributed by atoms with Gasteiger partial charge in [-0.3, -0.25) is 10.1 Å². The maximum atomic E-state index is 13.6. The molecule has 6 nitrogen and oxygen atoms in total. The lowest BCUT2D eigenvalue weighted by atomic mass is 10.1. The first-order valence-corrected chi connectivity index (χ1v) is 5.75. The molecule has 2 N–H and O–H groups in total. The Morgan fingerprint density at radius 1 is 1.42 bits per heavy atom. The third-order valence-corrected chi connectivity index (χ3v) is 2.36. The van der Waals surface area contributed by atoms with Crippen LogP contribution in [-0.4, -0.2) is 22.6 Å². The van der Waals surface area contributed by atoms with Crippen LogP contribution in [0.2, 0.25) is 0 Å². The minimum absolute atomic E-state index is 0.0193. The van der Waals surface area contributed by atoms with Crippen LogP contribution >= 0.6 is 0 Å². The lowest BCUT2D eigenvalue weighted by Crippen LogP contribution is -2.16. The predicted octanol–water partition coefficient (Wildman–Crippen LogP) is 2.20. The second-order valence-electron chi connectivity index (χ2n) is 3.77. The Labute approximate surface area is 109 Å². The molecule has 1 amide bonds. The van der Waals surface area contributed by atoms with E-state index in [1.54, 1.807) is 6.92 Å². The maximum absolute atomic E-state index is 13.6. The van der Waals surface area contributed by atoms with Crippen molar-refractivity contribution in [1.29, 1.82) is 0 Å². The number of nitrogens with zero attached hydrogens (tertiary/aromatic N) is 2. The highest BCUT2D eigenvalue weighted by Gasteiger charge is 2.16. The average Bonchev–Trinajstić information content (AvgIpc) is 2.77. The Balaban J connectivity index is 2.25. The molecule has 0 spiro atoms. The van der Waals surface area contributed by atoms with Crippen molar-refractivity contribution in [3.05, 3.63) is 35.5 Å². The van der Waals surface area contributed by atoms with Gasteiger partial charge in [0.2, 0.25) is 5.89 Å². The van der Waals surface area contributed by atoms with Crippen molar-refractivity contribution in [3.8, 4) is 0 Å². The van der Waals surface area contributed by atoms with Crippen LogP contribution < -0.4 is 10.6 Å². The highest BCUT2D eigenvalue weighted by atomic mass is 19.1. The summed E-state index contributed by atoms with van der Waals surface area (Å²) in [7, 11) is 0. The second kappa shape index (κ2) is 5.47. The van der Waals surface area contributed by atoms with Crippen LogP contribution in [0.3, 0.4) is 0 Å². The van der Waals surface area contributed by atoms with Crippen molar-refractivity contribution in [2.45, 2.75) is 13.8 Å². The third kappa shape index (κ3) is 2.87. The number of rotatable bonds is 4. The van der Waals surface area contributed by atoms with Gasteiger partial charge in [0.1, 0.15) is 5.82 Å². The Hall–Kier alpha value is -2.44. The van der Waals surface area contributed by atoms with Gasteiger partial charge >= 0.3 is 6.01 Å². The number of carbonyl (C=O) groups excluding carboxylic acids is 1. The first-order valence-electron chi connectivity index (χ1n) is 5.75. The minimum Gasteiger partial charge on any atom is -0.408 e. The normalized spacial score (nSPS) is 10.3. The molecule has 0 radical (unpaired) electrons. The number of amides is 1. The lowest BCUT2D eigenvalue weighted by Gasteiger charge is -2.10. The third-order valence-electron chi connectivity index (χ3n) is 2.36. The summed E-state index contributed by atoms with van der Waals surface area (Å²) >= 11 is 0. The van der Waals surface area contributed by atoms with E-state index in [1.165, 1.54) is 18.2 Å². The van der Waals surface area contributed by atoms with E-state index < -0.39 is 11.7 Å². The van der Waals surface area contributed by atoms with Crippen molar-refractivity contribution < 1.29 is 13.6 Å². The smallest absolute Gasteiger partial charge is 0.322 e. The molecule has 1 heterocycles. The Kier molecular flexibility index (Phi) is 3.74. The number of benzene rings is 1. The fourth-order valence-electron chi connectivity index (χ4n) is 1.58. The van der Waals surface area contributed by atoms with Gasteiger partial charge in [0.25, 0.3) is 5.91 Å². The molecule has 0 bridgehead atoms. The monoisotopic (exact) mass is 264 g/mol. The molecule has 100 valence electrons. The predicted molar refractivity (Wildman–Crippen MR) is 67.6 cm³/mol. The minimum atomic E-state index is -0.515. The molecule has 0 unspecified atom stereocenters. The van der Waals surface area contributed by atoms with Gasteiger partial charge in [-0.2, -0.15) is 0 Å². The van der Waals surface area contributed by atoms with Gasteiger partial charge in [-0.1, -0.05) is 11.2 Å². The topological polar surface area (TPSA) is 80.0 Å². The molecule has 0 fully saturated rings. The van der Waals surface area contributed by atoms with E-state index in [0.717, 1.165) is 0 Å². The molecule has 7 heteroatoms. The number of halogens is 1. The number of nitrogens with one attached hydrogen (secondary N) is 2. The van der Waals surface area contributed by atoms with Crippen LogP contribution in [0.25, 0.3) is 0 Å². The summed E-state index contributed by atoms with van der Waals surface area (Å²) in [5.74, 6) is -0.670. The lowest BCUT2D eigenvalue weighted by molar-refractivity contribution is 0.102. The summed E-state index contributed by atoms with van der Waals surface area (Å²) in [6.07, 6.45) is 0. The van der Waals surface area contributed by atoms with Gasteiger partial charge in [-0.15, -0.1) is 5.10 Å². The summed E-state index contributed by atoms with van der Waals surface area (Å²) in [6, 6.07) is 4.24. The Bertz CT molecular complexity index is 597. The summed E-state index contributed by atoms with van der Waals surface area (Å²) in [5.41, 5.74) is 0.330. The molecule has 0 aliphatic carbocycles. The number of aryl methyl sites for hydroxylation is 1. The van der Waals surface area contributed by atoms with Crippen molar-refractivity contribution >= 4 is 17.6 Å². The molecular formula is C12H13FN4O2. The molecule has 0 aliphatic heterocycles. The Morgan fingerprint density at radius 2 is 2.21 bits per heavy atom. The van der Waals surface area contributed by atoms with Crippen LogP contribution in [0, 0.1) is 12.7 Å². The summed E-state index contributed by atoms with van der Waals surface area (Å²) in [5, 5.41) is 12.5.